The van der Waals surface area contributed by atoms with Crippen molar-refractivity contribution in [3.05, 3.63) is 187 Å². The molecule has 0 spiro atoms. The van der Waals surface area contributed by atoms with Gasteiger partial charge in [0.05, 0.1) is 11.1 Å². The van der Waals surface area contributed by atoms with Crippen LogP contribution < -0.4 is 0 Å². The van der Waals surface area contributed by atoms with E-state index >= 15 is 0 Å². The van der Waals surface area contributed by atoms with E-state index in [-0.39, 0.29) is 5.92 Å². The molecule has 0 fully saturated rings. The highest BCUT2D eigenvalue weighted by molar-refractivity contribution is 6.09. The van der Waals surface area contributed by atoms with Gasteiger partial charge in [-0.1, -0.05) is 115 Å². The largest absolute Gasteiger partial charge is 0.456 e. The molecule has 0 radical (unpaired) electrons. The van der Waals surface area contributed by atoms with Crippen molar-refractivity contribution in [2.75, 3.05) is 0 Å². The highest BCUT2D eigenvalue weighted by Crippen LogP contribution is 2.41. The van der Waals surface area contributed by atoms with Gasteiger partial charge in [0.1, 0.15) is 22.3 Å². The fourth-order valence-electron chi connectivity index (χ4n) is 8.72. The molecule has 12 rings (SSSR count). The molecule has 4 aromatic heterocycles. The van der Waals surface area contributed by atoms with Crippen LogP contribution in [0.3, 0.4) is 0 Å². The van der Waals surface area contributed by atoms with Gasteiger partial charge >= 0.3 is 0 Å². The summed E-state index contributed by atoms with van der Waals surface area (Å²) in [7, 11) is 0. The second-order valence-electron chi connectivity index (χ2n) is 14.7. The van der Waals surface area contributed by atoms with Gasteiger partial charge < -0.3 is 13.4 Å². The van der Waals surface area contributed by atoms with Crippen LogP contribution in [-0.2, 0) is 6.42 Å². The maximum Gasteiger partial charge on any atom is 0.167 e. The van der Waals surface area contributed by atoms with Crippen LogP contribution in [0.4, 0.5) is 0 Å². The van der Waals surface area contributed by atoms with E-state index in [1.165, 1.54) is 33.4 Å². The molecule has 11 aromatic rings. The Morgan fingerprint density at radius 3 is 2.07 bits per heavy atom. The molecule has 4 heterocycles. The second kappa shape index (κ2) is 12.5. The minimum Gasteiger partial charge on any atom is -0.456 e. The Labute approximate surface area is 327 Å². The standard InChI is InChI=1S/C51H32N4O2/c1-3-12-31(13-4-1)49-52-50(54-51(53-49)40-19-11-18-39-37-17-8-10-21-45(37)57-48(39)40)34-24-27-46-42(29-34)38-25-22-33(30-47(38)56-46)32-23-26-44-41(28-32)36-16-7-9-20-43(36)55(44)35-14-5-2-6-15-35/h1-27,29-30,32H,28H2. The van der Waals surface area contributed by atoms with Crippen molar-refractivity contribution in [1.29, 1.82) is 0 Å². The van der Waals surface area contributed by atoms with Gasteiger partial charge in [0.15, 0.2) is 17.5 Å². The Morgan fingerprint density at radius 2 is 1.19 bits per heavy atom. The first-order valence-corrected chi connectivity index (χ1v) is 19.3. The summed E-state index contributed by atoms with van der Waals surface area (Å²) < 4.78 is 15.3. The molecular weight excluding hydrogens is 701 g/mol. The number of allylic oxidation sites excluding steroid dienone is 1. The van der Waals surface area contributed by atoms with Crippen LogP contribution >= 0.6 is 0 Å². The fourth-order valence-corrected chi connectivity index (χ4v) is 8.72. The third kappa shape index (κ3) is 5.07. The van der Waals surface area contributed by atoms with E-state index in [1.54, 1.807) is 0 Å². The van der Waals surface area contributed by atoms with E-state index in [9.17, 15) is 0 Å². The number of aromatic nitrogens is 4. The Balaban J connectivity index is 0.944. The average molecular weight is 733 g/mol. The normalized spacial score (nSPS) is 14.0. The highest BCUT2D eigenvalue weighted by Gasteiger charge is 2.24. The van der Waals surface area contributed by atoms with Crippen LogP contribution in [0.5, 0.6) is 0 Å². The van der Waals surface area contributed by atoms with E-state index in [4.69, 9.17) is 23.8 Å². The summed E-state index contributed by atoms with van der Waals surface area (Å²) in [5.74, 6) is 1.96. The van der Waals surface area contributed by atoms with Crippen LogP contribution in [-0.4, -0.2) is 19.5 Å². The molecule has 1 unspecified atom stereocenters. The van der Waals surface area contributed by atoms with Gasteiger partial charge in [0.25, 0.3) is 0 Å². The Kier molecular flexibility index (Phi) is 6.95. The number of nitrogens with zero attached hydrogens (tertiary/aromatic N) is 4. The number of fused-ring (bicyclic) bond motifs is 9. The molecule has 1 aliphatic rings. The Morgan fingerprint density at radius 1 is 0.491 bits per heavy atom. The molecule has 0 bridgehead atoms. The van der Waals surface area contributed by atoms with Crippen molar-refractivity contribution >= 4 is 60.9 Å². The molecular formula is C51H32N4O2. The number of rotatable bonds is 5. The topological polar surface area (TPSA) is 69.9 Å². The van der Waals surface area contributed by atoms with E-state index in [1.807, 2.05) is 72.8 Å². The van der Waals surface area contributed by atoms with Crippen LogP contribution in [0.1, 0.15) is 22.7 Å². The minimum absolute atomic E-state index is 0.219. The third-order valence-corrected chi connectivity index (χ3v) is 11.4. The fraction of sp³-hybridized carbons (Fsp3) is 0.0392. The lowest BCUT2D eigenvalue weighted by Gasteiger charge is -2.19. The quantitative estimate of drug-likeness (QED) is 0.176. The molecule has 268 valence electrons. The van der Waals surface area contributed by atoms with Crippen molar-refractivity contribution in [3.8, 4) is 39.9 Å². The highest BCUT2D eigenvalue weighted by atomic mass is 16.3. The molecule has 1 aliphatic carbocycles. The first-order chi connectivity index (χ1) is 28.2. The van der Waals surface area contributed by atoms with E-state index in [0.29, 0.717) is 17.5 Å². The molecule has 6 heteroatoms. The lowest BCUT2D eigenvalue weighted by molar-refractivity contribution is 0.667. The zero-order valence-electron chi connectivity index (χ0n) is 30.6. The molecule has 0 saturated carbocycles. The molecule has 57 heavy (non-hydrogen) atoms. The molecule has 7 aromatic carbocycles. The predicted octanol–water partition coefficient (Wildman–Crippen LogP) is 13.0. The summed E-state index contributed by atoms with van der Waals surface area (Å²) in [6.45, 7) is 0. The van der Waals surface area contributed by atoms with E-state index < -0.39 is 0 Å². The molecule has 6 nitrogen and oxygen atoms in total. The third-order valence-electron chi connectivity index (χ3n) is 11.4. The lowest BCUT2D eigenvalue weighted by Crippen LogP contribution is -2.07. The van der Waals surface area contributed by atoms with Crippen LogP contribution in [0.15, 0.2) is 179 Å². The molecule has 0 saturated heterocycles. The van der Waals surface area contributed by atoms with Crippen molar-refractivity contribution in [2.45, 2.75) is 12.3 Å². The van der Waals surface area contributed by atoms with Crippen LogP contribution in [0, 0.1) is 0 Å². The number of hydrogen-bond acceptors (Lipinski definition) is 5. The Hall–Kier alpha value is -7.57. The lowest BCUT2D eigenvalue weighted by atomic mass is 9.86. The monoisotopic (exact) mass is 732 g/mol. The first-order valence-electron chi connectivity index (χ1n) is 19.3. The number of hydrogen-bond donors (Lipinski definition) is 0. The van der Waals surface area contributed by atoms with Crippen molar-refractivity contribution in [3.63, 3.8) is 0 Å². The molecule has 0 aliphatic heterocycles. The maximum atomic E-state index is 6.55. The predicted molar refractivity (Wildman–Crippen MR) is 229 cm³/mol. The van der Waals surface area contributed by atoms with E-state index in [0.717, 1.165) is 67.0 Å². The smallest absolute Gasteiger partial charge is 0.167 e. The number of furan rings is 2. The van der Waals surface area contributed by atoms with Gasteiger partial charge in [-0.3, -0.25) is 0 Å². The molecule has 1 atom stereocenters. The van der Waals surface area contributed by atoms with Gasteiger partial charge in [-0.25, -0.2) is 15.0 Å². The van der Waals surface area contributed by atoms with Crippen LogP contribution in [0.25, 0.3) is 101 Å². The van der Waals surface area contributed by atoms with E-state index in [2.05, 4.69) is 108 Å². The zero-order chi connectivity index (χ0) is 37.5. The number of benzene rings is 7. The van der Waals surface area contributed by atoms with Gasteiger partial charge in [0.2, 0.25) is 0 Å². The summed E-state index contributed by atoms with van der Waals surface area (Å²) in [5, 5.41) is 5.46. The number of para-hydroxylation sites is 4. The minimum atomic E-state index is 0.219. The summed E-state index contributed by atoms with van der Waals surface area (Å²) in [6.07, 6.45) is 5.55. The van der Waals surface area contributed by atoms with Gasteiger partial charge in [-0.2, -0.15) is 0 Å². The molecule has 0 amide bonds. The van der Waals surface area contributed by atoms with Gasteiger partial charge in [-0.05, 0) is 78.2 Å². The average Bonchev–Trinajstić information content (AvgIpc) is 3.95. The zero-order valence-corrected chi connectivity index (χ0v) is 30.6. The maximum absolute atomic E-state index is 6.55. The summed E-state index contributed by atoms with van der Waals surface area (Å²) in [6, 6.07) is 56.5. The SMILES string of the molecule is C1=CC(c2ccc3c(c2)oc2ccc(-c4nc(-c5ccccc5)nc(-c5cccc6c5oc5ccccc56)n4)cc23)Cc2c1n(-c1ccccc1)c1ccccc21. The first kappa shape index (κ1) is 31.7. The van der Waals surface area contributed by atoms with Gasteiger partial charge in [-0.15, -0.1) is 0 Å². The van der Waals surface area contributed by atoms with Gasteiger partial charge in [0, 0.05) is 55.4 Å². The second-order valence-corrected chi connectivity index (χ2v) is 14.7. The van der Waals surface area contributed by atoms with Crippen molar-refractivity contribution < 1.29 is 8.83 Å². The molecule has 0 N–H and O–H groups in total. The summed E-state index contributed by atoms with van der Waals surface area (Å²) >= 11 is 0. The van der Waals surface area contributed by atoms with Crippen molar-refractivity contribution in [1.82, 2.24) is 19.5 Å². The Bertz CT molecular complexity index is 3390. The van der Waals surface area contributed by atoms with Crippen LogP contribution in [0.2, 0.25) is 0 Å². The van der Waals surface area contributed by atoms with Crippen molar-refractivity contribution in [2.24, 2.45) is 0 Å². The summed E-state index contributed by atoms with van der Waals surface area (Å²) in [5.41, 5.74) is 12.2. The summed E-state index contributed by atoms with van der Waals surface area (Å²) in [4.78, 5) is 15.2.